The van der Waals surface area contributed by atoms with E-state index >= 15 is 0 Å². The summed E-state index contributed by atoms with van der Waals surface area (Å²) in [6.07, 6.45) is 1.79. The fourth-order valence-corrected chi connectivity index (χ4v) is 5.65. The molecule has 6 atom stereocenters. The zero-order valence-corrected chi connectivity index (χ0v) is 34.1. The number of amides is 7. The maximum absolute atomic E-state index is 13.6. The Balaban J connectivity index is 6.01. The largest absolute Gasteiger partial charge is 0.481 e. The molecule has 0 heterocycles. The van der Waals surface area contributed by atoms with Crippen molar-refractivity contribution in [3.8, 4) is 0 Å². The van der Waals surface area contributed by atoms with Gasteiger partial charge in [-0.3, -0.25) is 43.3 Å². The minimum atomic E-state index is -1.62. The Morgan fingerprint density at radius 1 is 0.672 bits per heavy atom. The van der Waals surface area contributed by atoms with E-state index in [1.54, 1.807) is 20.1 Å². The van der Waals surface area contributed by atoms with E-state index in [-0.39, 0.29) is 63.4 Å². The molecule has 0 radical (unpaired) electrons. The molecule has 0 saturated carbocycles. The Morgan fingerprint density at radius 2 is 1.24 bits per heavy atom. The van der Waals surface area contributed by atoms with Gasteiger partial charge in [0.05, 0.1) is 19.0 Å². The molecule has 58 heavy (non-hydrogen) atoms. The van der Waals surface area contributed by atoms with Crippen molar-refractivity contribution in [2.24, 2.45) is 39.6 Å². The first-order valence-corrected chi connectivity index (χ1v) is 20.1. The van der Waals surface area contributed by atoms with E-state index in [1.807, 2.05) is 0 Å². The molecule has 7 amide bonds. The maximum Gasteiger partial charge on any atom is 0.326 e. The Bertz CT molecular complexity index is 1430. The molecule has 0 aliphatic carbocycles. The van der Waals surface area contributed by atoms with Crippen molar-refractivity contribution < 1.29 is 53.4 Å². The summed E-state index contributed by atoms with van der Waals surface area (Å²) in [5.74, 6) is -8.87. The van der Waals surface area contributed by atoms with Crippen LogP contribution in [0.5, 0.6) is 0 Å². The number of carbonyl (C=O) groups excluding carboxylic acids is 7. The van der Waals surface area contributed by atoms with E-state index in [0.29, 0.717) is 25.1 Å². The molecule has 0 bridgehead atoms. The van der Waals surface area contributed by atoms with Crippen molar-refractivity contribution in [1.29, 1.82) is 0 Å². The summed E-state index contributed by atoms with van der Waals surface area (Å²) in [4.78, 5) is 118. The van der Waals surface area contributed by atoms with Crippen molar-refractivity contribution in [3.05, 3.63) is 0 Å². The summed E-state index contributed by atoms with van der Waals surface area (Å²) in [7, 11) is 0. The summed E-state index contributed by atoms with van der Waals surface area (Å²) in [5.41, 5.74) is 27.2. The average molecular weight is 847 g/mol. The van der Waals surface area contributed by atoms with Crippen molar-refractivity contribution in [2.75, 3.05) is 31.6 Å². The number of thioether (sulfide) groups is 1. The van der Waals surface area contributed by atoms with Gasteiger partial charge in [-0.2, -0.15) is 11.8 Å². The second-order valence-corrected chi connectivity index (χ2v) is 14.8. The van der Waals surface area contributed by atoms with Crippen LogP contribution in [0.25, 0.3) is 0 Å². The van der Waals surface area contributed by atoms with E-state index in [1.165, 1.54) is 11.8 Å². The fourth-order valence-electron chi connectivity index (χ4n) is 5.18. The first-order chi connectivity index (χ1) is 27.2. The van der Waals surface area contributed by atoms with Crippen molar-refractivity contribution >= 4 is 71.0 Å². The first kappa shape index (κ1) is 52.8. The van der Waals surface area contributed by atoms with Crippen LogP contribution in [0.1, 0.15) is 78.1 Å². The van der Waals surface area contributed by atoms with Crippen LogP contribution < -0.4 is 60.6 Å². The Hall–Kier alpha value is -5.23. The number of hydrogen-bond donors (Lipinski definition) is 13. The molecule has 0 unspecified atom stereocenters. The quantitative estimate of drug-likeness (QED) is 0.0178. The van der Waals surface area contributed by atoms with Crippen molar-refractivity contribution in [2.45, 2.75) is 114 Å². The Labute approximate surface area is 341 Å². The molecule has 0 aromatic rings. The summed E-state index contributed by atoms with van der Waals surface area (Å²) in [6, 6.07) is -8.08. The van der Waals surface area contributed by atoms with Gasteiger partial charge in [-0.15, -0.1) is 0 Å². The van der Waals surface area contributed by atoms with Crippen LogP contribution in [0.4, 0.5) is 0 Å². The van der Waals surface area contributed by atoms with Gasteiger partial charge in [-0.05, 0) is 69.4 Å². The zero-order chi connectivity index (χ0) is 44.4. The third-order valence-corrected chi connectivity index (χ3v) is 8.86. The molecule has 0 fully saturated rings. The molecular weight excluding hydrogens is 785 g/mol. The number of carboxylic acid groups (broad SMARTS) is 2. The molecule has 0 spiro atoms. The maximum atomic E-state index is 13.6. The number of nitrogens with one attached hydrogen (secondary N) is 6. The first-order valence-electron chi connectivity index (χ1n) is 18.7. The van der Waals surface area contributed by atoms with Crippen LogP contribution >= 0.6 is 11.8 Å². The predicted octanol–water partition coefficient (Wildman–Crippen LogP) is -4.34. The topological polar surface area (TPSA) is 409 Å². The van der Waals surface area contributed by atoms with Crippen LogP contribution in [0, 0.1) is 5.92 Å². The van der Waals surface area contributed by atoms with Gasteiger partial charge >= 0.3 is 11.9 Å². The molecule has 0 aliphatic rings. The van der Waals surface area contributed by atoms with Gasteiger partial charge in [0, 0.05) is 13.0 Å². The highest BCUT2D eigenvalue weighted by Gasteiger charge is 2.33. The van der Waals surface area contributed by atoms with E-state index < -0.39 is 103 Å². The third kappa shape index (κ3) is 23.7. The zero-order valence-electron chi connectivity index (χ0n) is 33.3. The fraction of sp³-hybridized carbons (Fsp3) is 0.706. The summed E-state index contributed by atoms with van der Waals surface area (Å²) >= 11 is 1.31. The lowest BCUT2D eigenvalue weighted by Crippen LogP contribution is -2.59. The molecule has 18 N–H and O–H groups in total. The van der Waals surface area contributed by atoms with Gasteiger partial charge < -0.3 is 70.8 Å². The van der Waals surface area contributed by atoms with Crippen LogP contribution in [0.2, 0.25) is 0 Å². The number of primary amides is 1. The monoisotopic (exact) mass is 846 g/mol. The molecule has 0 aromatic heterocycles. The second kappa shape index (κ2) is 29.1. The van der Waals surface area contributed by atoms with Gasteiger partial charge in [0.2, 0.25) is 41.4 Å². The third-order valence-electron chi connectivity index (χ3n) is 8.22. The number of hydrogen-bond acceptors (Lipinski definition) is 13. The van der Waals surface area contributed by atoms with E-state index in [9.17, 15) is 53.4 Å². The summed E-state index contributed by atoms with van der Waals surface area (Å²) in [5, 5.41) is 33.3. The van der Waals surface area contributed by atoms with Gasteiger partial charge in [0.15, 0.2) is 5.96 Å². The molecule has 0 rings (SSSR count). The lowest BCUT2D eigenvalue weighted by atomic mass is 10.0. The molecular formula is C34H62N12O11S. The number of carboxylic acids is 2. The molecule has 0 saturated heterocycles. The Morgan fingerprint density at radius 3 is 1.76 bits per heavy atom. The number of aliphatic carboxylic acids is 2. The van der Waals surface area contributed by atoms with E-state index in [0.717, 1.165) is 0 Å². The number of aliphatic imine (C=N–C) groups is 1. The highest BCUT2D eigenvalue weighted by molar-refractivity contribution is 7.98. The molecule has 0 aromatic carbocycles. The van der Waals surface area contributed by atoms with Gasteiger partial charge in [-0.1, -0.05) is 20.3 Å². The van der Waals surface area contributed by atoms with Gasteiger partial charge in [0.1, 0.15) is 30.2 Å². The van der Waals surface area contributed by atoms with Gasteiger partial charge in [0.25, 0.3) is 0 Å². The number of carbonyl (C=O) groups is 9. The normalized spacial score (nSPS) is 14.0. The number of rotatable bonds is 31. The number of nitrogens with zero attached hydrogens (tertiary/aromatic N) is 1. The van der Waals surface area contributed by atoms with Crippen molar-refractivity contribution in [3.63, 3.8) is 0 Å². The lowest BCUT2D eigenvalue weighted by Gasteiger charge is -2.27. The van der Waals surface area contributed by atoms with Crippen LogP contribution in [-0.2, 0) is 43.2 Å². The van der Waals surface area contributed by atoms with Crippen LogP contribution in [-0.4, -0.2) is 137 Å². The van der Waals surface area contributed by atoms with Gasteiger partial charge in [-0.25, -0.2) is 4.79 Å². The van der Waals surface area contributed by atoms with E-state index in [2.05, 4.69) is 36.9 Å². The summed E-state index contributed by atoms with van der Waals surface area (Å²) in [6.45, 7) is 3.35. The lowest BCUT2D eigenvalue weighted by molar-refractivity contribution is -0.142. The van der Waals surface area contributed by atoms with Crippen LogP contribution in [0.3, 0.4) is 0 Å². The molecule has 24 heteroatoms. The highest BCUT2D eigenvalue weighted by atomic mass is 32.2. The Kier molecular flexibility index (Phi) is 26.4. The van der Waals surface area contributed by atoms with Crippen molar-refractivity contribution in [1.82, 2.24) is 31.9 Å². The highest BCUT2D eigenvalue weighted by Crippen LogP contribution is 2.09. The van der Waals surface area contributed by atoms with E-state index in [4.69, 9.17) is 28.7 Å². The molecule has 330 valence electrons. The molecule has 23 nitrogen and oxygen atoms in total. The standard InChI is InChI=1S/C34H62N12O11S/c1-18(2)15-23(29(52)41-17-26(48)42-22(33(56)57)8-6-13-40-34(38)39)46-30(53)20(9-10-25(37)47)43-31(54)21(11-14-58-3)44-32(55)24(16-27(49)50)45-28(51)19(36)7-4-5-12-35/h18-24H,4-17,35-36H2,1-3H3,(H2,37,47)(H,41,52)(H,42,48)(H,43,54)(H,44,55)(H,45,51)(H,46,53)(H,49,50)(H,56,57)(H4,38,39,40)/t19-,20-,21-,22-,23-,24-/m0/s1. The second-order valence-electron chi connectivity index (χ2n) is 13.8. The SMILES string of the molecule is CSCC[C@H](NC(=O)[C@H](CC(=O)O)NC(=O)[C@@H](N)CCCCN)C(=O)N[C@@H](CCC(N)=O)C(=O)N[C@@H](CC(C)C)C(=O)NCC(=O)N[C@@H](CCCN=C(N)N)C(=O)O. The smallest absolute Gasteiger partial charge is 0.326 e. The average Bonchev–Trinajstić information content (AvgIpc) is 3.13. The van der Waals surface area contributed by atoms with Crippen LogP contribution in [0.15, 0.2) is 4.99 Å². The number of guanidine groups is 1. The molecule has 0 aliphatic heterocycles. The number of nitrogens with two attached hydrogens (primary N) is 5. The number of unbranched alkanes of at least 4 members (excludes halogenated alkanes) is 1. The minimum Gasteiger partial charge on any atom is -0.481 e. The minimum absolute atomic E-state index is 0.00527. The summed E-state index contributed by atoms with van der Waals surface area (Å²) < 4.78 is 0. The predicted molar refractivity (Wildman–Crippen MR) is 214 cm³/mol.